The normalized spacial score (nSPS) is 34.0. The molecule has 0 bridgehead atoms. The molecule has 124 valence electrons. The quantitative estimate of drug-likeness (QED) is 0.820. The van der Waals surface area contributed by atoms with Crippen molar-refractivity contribution in [2.24, 2.45) is 22.7 Å². The Morgan fingerprint density at radius 2 is 2.04 bits per heavy atom. The summed E-state index contributed by atoms with van der Waals surface area (Å²) in [4.78, 5) is 12.8. The van der Waals surface area contributed by atoms with E-state index in [1.54, 1.807) is 12.5 Å². The zero-order valence-electron chi connectivity index (χ0n) is 14.4. The van der Waals surface area contributed by atoms with Crippen molar-refractivity contribution in [3.8, 4) is 0 Å². The van der Waals surface area contributed by atoms with Crippen molar-refractivity contribution >= 4 is 11.9 Å². The van der Waals surface area contributed by atoms with Gasteiger partial charge in [0, 0.05) is 17.4 Å². The van der Waals surface area contributed by atoms with Gasteiger partial charge in [-0.25, -0.2) is 0 Å². The zero-order chi connectivity index (χ0) is 16.8. The van der Waals surface area contributed by atoms with E-state index in [2.05, 4.69) is 26.8 Å². The van der Waals surface area contributed by atoms with E-state index < -0.39 is 0 Å². The molecule has 1 N–H and O–H groups in total. The summed E-state index contributed by atoms with van der Waals surface area (Å²) in [6.45, 7) is 8.44. The van der Waals surface area contributed by atoms with E-state index in [1.807, 2.05) is 19.1 Å². The van der Waals surface area contributed by atoms with Gasteiger partial charge in [0.2, 0.25) is 5.78 Å². The second-order valence-corrected chi connectivity index (χ2v) is 8.07. The minimum Gasteiger partial charge on any atom is -0.504 e. The summed E-state index contributed by atoms with van der Waals surface area (Å²) in [7, 11) is 0. The first-order chi connectivity index (χ1) is 10.8. The van der Waals surface area contributed by atoms with Crippen molar-refractivity contribution in [1.29, 1.82) is 0 Å². The fraction of sp³-hybridized carbons (Fsp3) is 0.550. The standard InChI is InChI=1S/C20H26O3/c1-13-15(7-6-14-8-11-23-12-14)20(4)10-5-9-19(2,3)18(20)17(22)16(13)21/h6-8,11-12,15,18,21H,5,9-10H2,1-4H3/b7-6+/t15-,18-,20+/m0/s1. The van der Waals surface area contributed by atoms with Crippen molar-refractivity contribution < 1.29 is 14.3 Å². The van der Waals surface area contributed by atoms with Crippen LogP contribution in [0.4, 0.5) is 0 Å². The van der Waals surface area contributed by atoms with Crippen LogP contribution in [0.1, 0.15) is 52.5 Å². The van der Waals surface area contributed by atoms with Crippen molar-refractivity contribution in [1.82, 2.24) is 0 Å². The number of fused-ring (bicyclic) bond motifs is 1. The van der Waals surface area contributed by atoms with Gasteiger partial charge in [-0.3, -0.25) is 4.79 Å². The van der Waals surface area contributed by atoms with Gasteiger partial charge in [-0.15, -0.1) is 0 Å². The molecule has 1 heterocycles. The van der Waals surface area contributed by atoms with Gasteiger partial charge in [-0.2, -0.15) is 0 Å². The Labute approximate surface area is 138 Å². The van der Waals surface area contributed by atoms with Crippen LogP contribution in [-0.2, 0) is 4.79 Å². The summed E-state index contributed by atoms with van der Waals surface area (Å²) in [6.07, 6.45) is 10.7. The molecule has 2 aliphatic rings. The molecule has 23 heavy (non-hydrogen) atoms. The first kappa shape index (κ1) is 16.1. The predicted molar refractivity (Wildman–Crippen MR) is 90.8 cm³/mol. The number of allylic oxidation sites excluding steroid dienone is 3. The Morgan fingerprint density at radius 3 is 2.70 bits per heavy atom. The smallest absolute Gasteiger partial charge is 0.201 e. The van der Waals surface area contributed by atoms with Gasteiger partial charge in [0.05, 0.1) is 12.5 Å². The summed E-state index contributed by atoms with van der Waals surface area (Å²) >= 11 is 0. The van der Waals surface area contributed by atoms with E-state index in [0.717, 1.165) is 30.4 Å². The van der Waals surface area contributed by atoms with Gasteiger partial charge in [-0.05, 0) is 42.2 Å². The number of rotatable bonds is 2. The first-order valence-electron chi connectivity index (χ1n) is 8.42. The summed E-state index contributed by atoms with van der Waals surface area (Å²) in [6, 6.07) is 1.91. The lowest BCUT2D eigenvalue weighted by molar-refractivity contribution is -0.139. The lowest BCUT2D eigenvalue weighted by atomic mass is 9.48. The number of carbonyl (C=O) groups excluding carboxylic acids is 1. The van der Waals surface area contributed by atoms with Crippen LogP contribution in [0.3, 0.4) is 0 Å². The van der Waals surface area contributed by atoms with Gasteiger partial charge < -0.3 is 9.52 Å². The molecule has 0 aromatic carbocycles. The van der Waals surface area contributed by atoms with E-state index in [0.29, 0.717) is 0 Å². The molecule has 0 saturated heterocycles. The van der Waals surface area contributed by atoms with Gasteiger partial charge >= 0.3 is 0 Å². The molecule has 1 aromatic rings. The van der Waals surface area contributed by atoms with Crippen molar-refractivity contribution in [3.05, 3.63) is 41.6 Å². The van der Waals surface area contributed by atoms with Gasteiger partial charge in [0.15, 0.2) is 5.76 Å². The Kier molecular flexibility index (Phi) is 3.78. The minimum atomic E-state index is -0.143. The molecule has 3 rings (SSSR count). The maximum Gasteiger partial charge on any atom is 0.201 e. The minimum absolute atomic E-state index is 0.0238. The number of aliphatic hydroxyl groups excluding tert-OH is 1. The van der Waals surface area contributed by atoms with E-state index in [9.17, 15) is 9.90 Å². The highest BCUT2D eigenvalue weighted by Crippen LogP contribution is 2.59. The highest BCUT2D eigenvalue weighted by atomic mass is 16.3. The molecule has 2 aliphatic carbocycles. The third-order valence-corrected chi connectivity index (χ3v) is 6.05. The molecule has 0 unspecified atom stereocenters. The highest BCUT2D eigenvalue weighted by Gasteiger charge is 2.57. The van der Waals surface area contributed by atoms with Crippen LogP contribution in [-0.4, -0.2) is 10.9 Å². The summed E-state index contributed by atoms with van der Waals surface area (Å²) in [5, 5.41) is 10.4. The number of ketones is 1. The van der Waals surface area contributed by atoms with E-state index in [-0.39, 0.29) is 34.2 Å². The van der Waals surface area contributed by atoms with Crippen LogP contribution >= 0.6 is 0 Å². The average molecular weight is 314 g/mol. The fourth-order valence-corrected chi connectivity index (χ4v) is 5.01. The van der Waals surface area contributed by atoms with E-state index >= 15 is 0 Å². The maximum absolute atomic E-state index is 12.8. The van der Waals surface area contributed by atoms with Crippen LogP contribution in [0, 0.1) is 22.7 Å². The summed E-state index contributed by atoms with van der Waals surface area (Å²) in [5.41, 5.74) is 1.58. The lowest BCUT2D eigenvalue weighted by Crippen LogP contribution is -2.53. The Morgan fingerprint density at radius 1 is 1.30 bits per heavy atom. The van der Waals surface area contributed by atoms with Gasteiger partial charge in [-0.1, -0.05) is 39.3 Å². The van der Waals surface area contributed by atoms with E-state index in [1.165, 1.54) is 0 Å². The largest absolute Gasteiger partial charge is 0.504 e. The third kappa shape index (κ3) is 2.46. The third-order valence-electron chi connectivity index (χ3n) is 6.05. The van der Waals surface area contributed by atoms with Crippen LogP contribution < -0.4 is 0 Å². The molecule has 0 aliphatic heterocycles. The molecule has 0 amide bonds. The highest BCUT2D eigenvalue weighted by molar-refractivity contribution is 5.98. The van der Waals surface area contributed by atoms with Gasteiger partial charge in [0.1, 0.15) is 0 Å². The number of hydrogen-bond donors (Lipinski definition) is 1. The predicted octanol–water partition coefficient (Wildman–Crippen LogP) is 5.16. The lowest BCUT2D eigenvalue weighted by Gasteiger charge is -2.55. The second kappa shape index (κ2) is 5.40. The molecule has 3 heteroatoms. The molecule has 1 aromatic heterocycles. The molecular formula is C20H26O3. The Balaban J connectivity index is 2.07. The number of carbonyl (C=O) groups is 1. The van der Waals surface area contributed by atoms with E-state index in [4.69, 9.17) is 4.42 Å². The van der Waals surface area contributed by atoms with Crippen LogP contribution in [0.2, 0.25) is 0 Å². The monoisotopic (exact) mass is 314 g/mol. The SMILES string of the molecule is CC1=C(O)C(=O)[C@H]2C(C)(C)CCC[C@]2(C)[C@H]1/C=C/c1ccoc1. The summed E-state index contributed by atoms with van der Waals surface area (Å²) in [5.74, 6) is -0.155. The van der Waals surface area contributed by atoms with Gasteiger partial charge in [0.25, 0.3) is 0 Å². The Bertz CT molecular complexity index is 663. The zero-order valence-corrected chi connectivity index (χ0v) is 14.4. The molecule has 3 atom stereocenters. The van der Waals surface area contributed by atoms with Crippen LogP contribution in [0.25, 0.3) is 6.08 Å². The van der Waals surface area contributed by atoms with Crippen molar-refractivity contribution in [3.63, 3.8) is 0 Å². The van der Waals surface area contributed by atoms with Crippen molar-refractivity contribution in [2.45, 2.75) is 47.0 Å². The van der Waals surface area contributed by atoms with Crippen LogP contribution in [0.15, 0.2) is 40.4 Å². The maximum atomic E-state index is 12.8. The fourth-order valence-electron chi connectivity index (χ4n) is 5.01. The van der Waals surface area contributed by atoms with Crippen LogP contribution in [0.5, 0.6) is 0 Å². The number of aliphatic hydroxyl groups is 1. The second-order valence-electron chi connectivity index (χ2n) is 8.07. The molecule has 1 saturated carbocycles. The topological polar surface area (TPSA) is 50.4 Å². The number of hydrogen-bond acceptors (Lipinski definition) is 3. The molecule has 1 fully saturated rings. The molecule has 3 nitrogen and oxygen atoms in total. The average Bonchev–Trinajstić information content (AvgIpc) is 2.97. The molecular weight excluding hydrogens is 288 g/mol. The summed E-state index contributed by atoms with van der Waals surface area (Å²) < 4.78 is 5.12. The Hall–Kier alpha value is -1.77. The molecule has 0 spiro atoms. The number of furan rings is 1. The number of Topliss-reactive ketones (excluding diaryl/α,β-unsaturated/α-hetero) is 1. The molecule has 0 radical (unpaired) electrons. The first-order valence-corrected chi connectivity index (χ1v) is 8.42. The van der Waals surface area contributed by atoms with Crippen molar-refractivity contribution in [2.75, 3.05) is 0 Å².